The molecule has 0 saturated carbocycles. The molecule has 8 nitrogen and oxygen atoms in total. The Bertz CT molecular complexity index is 1040. The van der Waals surface area contributed by atoms with E-state index < -0.39 is 23.4 Å². The number of ether oxygens (including phenoxy) is 2. The van der Waals surface area contributed by atoms with Crippen LogP contribution < -0.4 is 20.1 Å². The van der Waals surface area contributed by atoms with Gasteiger partial charge >= 0.3 is 6.03 Å². The summed E-state index contributed by atoms with van der Waals surface area (Å²) in [6.07, 6.45) is 0.940. The minimum Gasteiger partial charge on any atom is -0.454 e. The molecule has 0 aromatic heterocycles. The summed E-state index contributed by atoms with van der Waals surface area (Å²) < 4.78 is 10.7. The van der Waals surface area contributed by atoms with Gasteiger partial charge in [-0.3, -0.25) is 14.5 Å². The smallest absolute Gasteiger partial charge is 0.325 e. The summed E-state index contributed by atoms with van der Waals surface area (Å²) in [5, 5.41) is 5.56. The lowest BCUT2D eigenvalue weighted by Gasteiger charge is -2.22. The average molecular weight is 423 g/mol. The molecular formula is C23H25N3O5. The number of hydrogen-bond acceptors (Lipinski definition) is 5. The Morgan fingerprint density at radius 2 is 1.87 bits per heavy atom. The Kier molecular flexibility index (Phi) is 5.31. The third-order valence-electron chi connectivity index (χ3n) is 5.79. The van der Waals surface area contributed by atoms with Crippen LogP contribution in [0.25, 0.3) is 0 Å². The molecule has 162 valence electrons. The fourth-order valence-electron chi connectivity index (χ4n) is 3.80. The quantitative estimate of drug-likeness (QED) is 0.697. The first-order valence-corrected chi connectivity index (χ1v) is 10.2. The van der Waals surface area contributed by atoms with Crippen molar-refractivity contribution in [3.63, 3.8) is 0 Å². The Labute approximate surface area is 180 Å². The molecule has 2 aromatic carbocycles. The Morgan fingerprint density at radius 1 is 1.16 bits per heavy atom. The number of imide groups is 1. The fourth-order valence-corrected chi connectivity index (χ4v) is 3.80. The van der Waals surface area contributed by atoms with E-state index in [1.165, 1.54) is 5.56 Å². The number of hydrogen-bond donors (Lipinski definition) is 2. The molecule has 2 aromatic rings. The first-order valence-electron chi connectivity index (χ1n) is 10.2. The van der Waals surface area contributed by atoms with Crippen LogP contribution >= 0.6 is 0 Å². The van der Waals surface area contributed by atoms with Gasteiger partial charge in [-0.25, -0.2) is 4.79 Å². The van der Waals surface area contributed by atoms with Crippen LogP contribution in [-0.2, 0) is 21.5 Å². The molecule has 2 aliphatic rings. The van der Waals surface area contributed by atoms with Crippen molar-refractivity contribution in [2.45, 2.75) is 38.8 Å². The van der Waals surface area contributed by atoms with E-state index >= 15 is 0 Å². The number of benzene rings is 2. The number of aryl methyl sites for hydroxylation is 1. The fraction of sp³-hybridized carbons (Fsp3) is 0.348. The van der Waals surface area contributed by atoms with Gasteiger partial charge in [0, 0.05) is 0 Å². The van der Waals surface area contributed by atoms with Crippen LogP contribution in [0.15, 0.2) is 42.5 Å². The van der Waals surface area contributed by atoms with Crippen LogP contribution in [0, 0.1) is 0 Å². The lowest BCUT2D eigenvalue weighted by Crippen LogP contribution is -2.43. The van der Waals surface area contributed by atoms with Crippen molar-refractivity contribution >= 4 is 17.8 Å². The zero-order valence-electron chi connectivity index (χ0n) is 17.7. The van der Waals surface area contributed by atoms with Gasteiger partial charge in [0.2, 0.25) is 12.7 Å². The number of carbonyl (C=O) groups excluding carboxylic acids is 3. The van der Waals surface area contributed by atoms with Gasteiger partial charge in [-0.2, -0.15) is 0 Å². The second-order valence-electron chi connectivity index (χ2n) is 7.90. The summed E-state index contributed by atoms with van der Waals surface area (Å²) in [5.74, 6) is 0.193. The minimum atomic E-state index is -1.29. The molecule has 0 unspecified atom stereocenters. The maximum atomic E-state index is 13.1. The molecule has 2 heterocycles. The molecule has 1 fully saturated rings. The number of urea groups is 1. The number of carbonyl (C=O) groups is 3. The van der Waals surface area contributed by atoms with Gasteiger partial charge in [-0.15, -0.1) is 0 Å². The monoisotopic (exact) mass is 423 g/mol. The van der Waals surface area contributed by atoms with Crippen molar-refractivity contribution in [1.29, 1.82) is 0 Å². The SMILES string of the molecule is CCc1ccc([C@@H](C)NC(=O)CN2C(=O)N[C@@](C)(c3ccc4c(c3)OCO4)C2=O)cc1. The van der Waals surface area contributed by atoms with Gasteiger partial charge in [0.15, 0.2) is 11.5 Å². The first kappa shape index (κ1) is 20.7. The highest BCUT2D eigenvalue weighted by atomic mass is 16.7. The highest BCUT2D eigenvalue weighted by molar-refractivity contribution is 6.09. The van der Waals surface area contributed by atoms with E-state index in [1.54, 1.807) is 25.1 Å². The molecule has 31 heavy (non-hydrogen) atoms. The third kappa shape index (κ3) is 3.81. The second-order valence-corrected chi connectivity index (χ2v) is 7.90. The summed E-state index contributed by atoms with van der Waals surface area (Å²) in [6, 6.07) is 12.2. The van der Waals surface area contributed by atoms with Crippen LogP contribution in [0.5, 0.6) is 11.5 Å². The molecule has 0 bridgehead atoms. The highest BCUT2D eigenvalue weighted by Gasteiger charge is 2.49. The summed E-state index contributed by atoms with van der Waals surface area (Å²) >= 11 is 0. The normalized spacial score (nSPS) is 20.5. The number of nitrogens with one attached hydrogen (secondary N) is 2. The van der Waals surface area contributed by atoms with Crippen molar-refractivity contribution in [2.75, 3.05) is 13.3 Å². The second kappa shape index (κ2) is 7.94. The largest absolute Gasteiger partial charge is 0.454 e. The summed E-state index contributed by atoms with van der Waals surface area (Å²) in [4.78, 5) is 39.1. The summed E-state index contributed by atoms with van der Waals surface area (Å²) in [6.45, 7) is 5.31. The molecule has 4 amide bonds. The van der Waals surface area contributed by atoms with E-state index in [1.807, 2.05) is 31.2 Å². The predicted molar refractivity (Wildman–Crippen MR) is 113 cm³/mol. The lowest BCUT2D eigenvalue weighted by atomic mass is 9.91. The molecule has 2 N–H and O–H groups in total. The van der Waals surface area contributed by atoms with Crippen molar-refractivity contribution in [1.82, 2.24) is 15.5 Å². The number of rotatable bonds is 6. The van der Waals surface area contributed by atoms with E-state index in [9.17, 15) is 14.4 Å². The van der Waals surface area contributed by atoms with E-state index in [4.69, 9.17) is 9.47 Å². The molecule has 0 spiro atoms. The maximum Gasteiger partial charge on any atom is 0.325 e. The summed E-state index contributed by atoms with van der Waals surface area (Å²) in [5.41, 5.74) is 1.43. The molecule has 2 aliphatic heterocycles. The van der Waals surface area contributed by atoms with Gasteiger partial charge in [0.1, 0.15) is 12.1 Å². The van der Waals surface area contributed by atoms with E-state index in [0.717, 1.165) is 16.9 Å². The molecule has 4 rings (SSSR count). The van der Waals surface area contributed by atoms with E-state index in [0.29, 0.717) is 17.1 Å². The van der Waals surface area contributed by atoms with Gasteiger partial charge in [-0.05, 0) is 49.1 Å². The molecule has 0 radical (unpaired) electrons. The number of nitrogens with zero attached hydrogens (tertiary/aromatic N) is 1. The van der Waals surface area contributed by atoms with Crippen molar-refractivity contribution in [3.8, 4) is 11.5 Å². The molecule has 0 aliphatic carbocycles. The standard InChI is InChI=1S/C23H25N3O5/c1-4-15-5-7-16(8-6-15)14(2)24-20(27)12-26-21(28)23(3,25-22(26)29)17-9-10-18-19(11-17)31-13-30-18/h5-11,14H,4,12-13H2,1-3H3,(H,24,27)(H,25,29)/t14-,23+/m1/s1. The van der Waals surface area contributed by atoms with Crippen LogP contribution in [0.1, 0.15) is 43.5 Å². The van der Waals surface area contributed by atoms with Gasteiger partial charge in [0.05, 0.1) is 6.04 Å². The van der Waals surface area contributed by atoms with Crippen LogP contribution in [0.4, 0.5) is 4.79 Å². The Balaban J connectivity index is 1.44. The van der Waals surface area contributed by atoms with Crippen molar-refractivity contribution < 1.29 is 23.9 Å². The van der Waals surface area contributed by atoms with Gasteiger partial charge in [0.25, 0.3) is 5.91 Å². The summed E-state index contributed by atoms with van der Waals surface area (Å²) in [7, 11) is 0. The zero-order valence-corrected chi connectivity index (χ0v) is 17.7. The van der Waals surface area contributed by atoms with Crippen LogP contribution in [0.3, 0.4) is 0 Å². The molecule has 2 atom stereocenters. The number of amides is 4. The van der Waals surface area contributed by atoms with Crippen LogP contribution in [-0.4, -0.2) is 36.1 Å². The molecule has 1 saturated heterocycles. The zero-order chi connectivity index (χ0) is 22.2. The molecule has 8 heteroatoms. The Morgan fingerprint density at radius 3 is 2.58 bits per heavy atom. The topological polar surface area (TPSA) is 97.0 Å². The average Bonchev–Trinajstić information content (AvgIpc) is 3.32. The maximum absolute atomic E-state index is 13.1. The van der Waals surface area contributed by atoms with E-state index in [2.05, 4.69) is 17.6 Å². The number of fused-ring (bicyclic) bond motifs is 1. The van der Waals surface area contributed by atoms with E-state index in [-0.39, 0.29) is 19.4 Å². The van der Waals surface area contributed by atoms with Gasteiger partial charge < -0.3 is 20.1 Å². The predicted octanol–water partition coefficient (Wildman–Crippen LogP) is 2.62. The Hall–Kier alpha value is -3.55. The van der Waals surface area contributed by atoms with Crippen molar-refractivity contribution in [3.05, 3.63) is 59.2 Å². The molecular weight excluding hydrogens is 398 g/mol. The third-order valence-corrected chi connectivity index (χ3v) is 5.79. The lowest BCUT2D eigenvalue weighted by molar-refractivity contribution is -0.135. The first-order chi connectivity index (χ1) is 14.8. The van der Waals surface area contributed by atoms with Crippen molar-refractivity contribution in [2.24, 2.45) is 0 Å². The highest BCUT2D eigenvalue weighted by Crippen LogP contribution is 2.37. The van der Waals surface area contributed by atoms with Gasteiger partial charge in [-0.1, -0.05) is 37.3 Å². The minimum absolute atomic E-state index is 0.113. The van der Waals surface area contributed by atoms with Crippen LogP contribution in [0.2, 0.25) is 0 Å².